The van der Waals surface area contributed by atoms with Crippen molar-refractivity contribution >= 4 is 15.9 Å². The van der Waals surface area contributed by atoms with Crippen molar-refractivity contribution in [1.29, 1.82) is 0 Å². The van der Waals surface area contributed by atoms with Crippen LogP contribution in [0.4, 0.5) is 0 Å². The number of rotatable bonds is 3. The first-order chi connectivity index (χ1) is 8.54. The second-order valence-corrected chi connectivity index (χ2v) is 6.24. The summed E-state index contributed by atoms with van der Waals surface area (Å²) in [5.41, 5.74) is 0.569. The zero-order valence-electron chi connectivity index (χ0n) is 11.0. The van der Waals surface area contributed by atoms with Crippen LogP contribution in [-0.2, 0) is 10.3 Å². The van der Waals surface area contributed by atoms with Gasteiger partial charge >= 0.3 is 0 Å². The molecule has 2 rings (SSSR count). The maximum Gasteiger partial charge on any atom is 0.119 e. The Morgan fingerprint density at radius 1 is 1.28 bits per heavy atom. The molecule has 0 amide bonds. The first kappa shape index (κ1) is 14.0. The summed E-state index contributed by atoms with van der Waals surface area (Å²) < 4.78 is 7.20. The van der Waals surface area contributed by atoms with Gasteiger partial charge in [0.15, 0.2) is 0 Å². The summed E-state index contributed by atoms with van der Waals surface area (Å²) in [5, 5.41) is 10.5. The topological polar surface area (TPSA) is 29.5 Å². The summed E-state index contributed by atoms with van der Waals surface area (Å²) in [6.45, 7) is 4.06. The van der Waals surface area contributed by atoms with E-state index >= 15 is 0 Å². The molecule has 1 N–H and O–H groups in total. The van der Waals surface area contributed by atoms with Crippen LogP contribution >= 0.6 is 15.9 Å². The van der Waals surface area contributed by atoms with E-state index in [1.54, 1.807) is 0 Å². The van der Waals surface area contributed by atoms with Gasteiger partial charge in [-0.1, -0.05) is 40.9 Å². The molecule has 3 heteroatoms. The molecular formula is C15H21BrO2. The van der Waals surface area contributed by atoms with Crippen LogP contribution in [0.3, 0.4) is 0 Å². The van der Waals surface area contributed by atoms with Crippen LogP contribution in [0, 0.1) is 0 Å². The quantitative estimate of drug-likeness (QED) is 0.914. The van der Waals surface area contributed by atoms with Crippen molar-refractivity contribution in [3.63, 3.8) is 0 Å². The molecule has 0 unspecified atom stereocenters. The molecule has 18 heavy (non-hydrogen) atoms. The number of hydrogen-bond donors (Lipinski definition) is 1. The molecule has 2 atom stereocenters. The lowest BCUT2D eigenvalue weighted by Gasteiger charge is -2.43. The van der Waals surface area contributed by atoms with Gasteiger partial charge in [0.2, 0.25) is 0 Å². The van der Waals surface area contributed by atoms with Gasteiger partial charge in [0.05, 0.1) is 12.2 Å². The fourth-order valence-corrected chi connectivity index (χ4v) is 3.08. The summed E-state index contributed by atoms with van der Waals surface area (Å²) in [6.07, 6.45) is 3.62. The summed E-state index contributed by atoms with van der Waals surface area (Å²) >= 11 is 3.45. The van der Waals surface area contributed by atoms with Gasteiger partial charge in [0.1, 0.15) is 5.60 Å². The van der Waals surface area contributed by atoms with E-state index in [0.717, 1.165) is 35.7 Å². The van der Waals surface area contributed by atoms with Crippen molar-refractivity contribution in [3.05, 3.63) is 34.3 Å². The monoisotopic (exact) mass is 312 g/mol. The summed E-state index contributed by atoms with van der Waals surface area (Å²) in [5.74, 6) is 0. The largest absolute Gasteiger partial charge is 0.390 e. The lowest BCUT2D eigenvalue weighted by atomic mass is 9.77. The van der Waals surface area contributed by atoms with Crippen LogP contribution < -0.4 is 0 Å². The van der Waals surface area contributed by atoms with Crippen LogP contribution in [0.2, 0.25) is 0 Å². The Balaban J connectivity index is 2.37. The highest BCUT2D eigenvalue weighted by Crippen LogP contribution is 2.41. The fraction of sp³-hybridized carbons (Fsp3) is 0.600. The normalized spacial score (nSPS) is 28.6. The maximum atomic E-state index is 10.5. The third-order valence-corrected chi connectivity index (χ3v) is 4.12. The molecule has 100 valence electrons. The van der Waals surface area contributed by atoms with Crippen molar-refractivity contribution in [2.45, 2.75) is 57.3 Å². The van der Waals surface area contributed by atoms with E-state index in [4.69, 9.17) is 4.74 Å². The molecule has 0 saturated heterocycles. The van der Waals surface area contributed by atoms with Crippen LogP contribution in [0.5, 0.6) is 0 Å². The Morgan fingerprint density at radius 2 is 1.94 bits per heavy atom. The molecule has 1 aliphatic carbocycles. The molecule has 2 nitrogen and oxygen atoms in total. The van der Waals surface area contributed by atoms with Crippen LogP contribution in [0.15, 0.2) is 28.7 Å². The van der Waals surface area contributed by atoms with Crippen LogP contribution in [0.1, 0.15) is 45.1 Å². The SMILES string of the molecule is CC(C)O[C@]1(c2ccc(Br)cc2)CCCC[C@@H]1O. The zero-order chi connectivity index (χ0) is 13.2. The second-order valence-electron chi connectivity index (χ2n) is 5.32. The molecule has 0 spiro atoms. The molecule has 1 aromatic carbocycles. The van der Waals surface area contributed by atoms with E-state index in [9.17, 15) is 5.11 Å². The molecule has 1 saturated carbocycles. The predicted octanol–water partition coefficient (Wildman–Crippen LogP) is 4.00. The molecule has 1 aromatic rings. The minimum Gasteiger partial charge on any atom is -0.390 e. The lowest BCUT2D eigenvalue weighted by Crippen LogP contribution is -2.46. The van der Waals surface area contributed by atoms with Gasteiger partial charge in [0, 0.05) is 4.47 Å². The van der Waals surface area contributed by atoms with Gasteiger partial charge in [-0.25, -0.2) is 0 Å². The van der Waals surface area contributed by atoms with E-state index in [2.05, 4.69) is 28.1 Å². The number of aliphatic hydroxyl groups excluding tert-OH is 1. The van der Waals surface area contributed by atoms with E-state index < -0.39 is 11.7 Å². The van der Waals surface area contributed by atoms with Crippen LogP contribution in [-0.4, -0.2) is 17.3 Å². The summed E-state index contributed by atoms with van der Waals surface area (Å²) in [4.78, 5) is 0. The summed E-state index contributed by atoms with van der Waals surface area (Å²) in [7, 11) is 0. The lowest BCUT2D eigenvalue weighted by molar-refractivity contribution is -0.171. The molecule has 1 aliphatic rings. The Kier molecular flexibility index (Phi) is 4.46. The van der Waals surface area contributed by atoms with Crippen molar-refractivity contribution in [1.82, 2.24) is 0 Å². The van der Waals surface area contributed by atoms with E-state index in [1.807, 2.05) is 26.0 Å². The minimum absolute atomic E-state index is 0.112. The number of halogens is 1. The van der Waals surface area contributed by atoms with Gasteiger partial charge in [0.25, 0.3) is 0 Å². The molecule has 1 fully saturated rings. The van der Waals surface area contributed by atoms with Crippen molar-refractivity contribution < 1.29 is 9.84 Å². The van der Waals surface area contributed by atoms with Gasteiger partial charge in [-0.3, -0.25) is 0 Å². The number of ether oxygens (including phenoxy) is 1. The van der Waals surface area contributed by atoms with Crippen molar-refractivity contribution in [2.75, 3.05) is 0 Å². The fourth-order valence-electron chi connectivity index (χ4n) is 2.82. The van der Waals surface area contributed by atoms with Crippen LogP contribution in [0.25, 0.3) is 0 Å². The highest BCUT2D eigenvalue weighted by atomic mass is 79.9. The third kappa shape index (κ3) is 2.79. The van der Waals surface area contributed by atoms with E-state index in [-0.39, 0.29) is 6.10 Å². The zero-order valence-corrected chi connectivity index (χ0v) is 12.6. The molecular weight excluding hydrogens is 292 g/mol. The summed E-state index contributed by atoms with van der Waals surface area (Å²) in [6, 6.07) is 8.15. The Hall–Kier alpha value is -0.380. The molecule has 0 heterocycles. The maximum absolute atomic E-state index is 10.5. The Labute approximate surface area is 117 Å². The average Bonchev–Trinajstić information content (AvgIpc) is 2.32. The standard InChI is InChI=1S/C15H21BrO2/c1-11(2)18-15(10-4-3-5-14(15)17)12-6-8-13(16)9-7-12/h6-9,11,14,17H,3-5,10H2,1-2H3/t14-,15-/m0/s1. The van der Waals surface area contributed by atoms with Gasteiger partial charge in [-0.15, -0.1) is 0 Å². The van der Waals surface area contributed by atoms with Gasteiger partial charge in [-0.2, -0.15) is 0 Å². The first-order valence-electron chi connectivity index (χ1n) is 6.66. The molecule has 0 bridgehead atoms. The average molecular weight is 313 g/mol. The Bertz CT molecular complexity index is 388. The predicted molar refractivity (Wildman–Crippen MR) is 76.5 cm³/mol. The second kappa shape index (κ2) is 5.72. The van der Waals surface area contributed by atoms with Crippen molar-refractivity contribution in [3.8, 4) is 0 Å². The Morgan fingerprint density at radius 3 is 2.50 bits per heavy atom. The minimum atomic E-state index is -0.521. The van der Waals surface area contributed by atoms with Crippen molar-refractivity contribution in [2.24, 2.45) is 0 Å². The number of benzene rings is 1. The molecule has 0 radical (unpaired) electrons. The highest BCUT2D eigenvalue weighted by molar-refractivity contribution is 9.10. The first-order valence-corrected chi connectivity index (χ1v) is 7.46. The number of hydrogen-bond acceptors (Lipinski definition) is 2. The van der Waals surface area contributed by atoms with E-state index in [1.165, 1.54) is 0 Å². The molecule has 0 aliphatic heterocycles. The molecule has 0 aromatic heterocycles. The smallest absolute Gasteiger partial charge is 0.119 e. The van der Waals surface area contributed by atoms with Gasteiger partial charge in [-0.05, 0) is 44.4 Å². The highest BCUT2D eigenvalue weighted by Gasteiger charge is 2.43. The third-order valence-electron chi connectivity index (χ3n) is 3.59. The van der Waals surface area contributed by atoms with Gasteiger partial charge < -0.3 is 9.84 Å². The number of aliphatic hydroxyl groups is 1. The van der Waals surface area contributed by atoms with E-state index in [0.29, 0.717) is 0 Å².